The van der Waals surface area contributed by atoms with E-state index in [9.17, 15) is 4.79 Å². The van der Waals surface area contributed by atoms with Crippen LogP contribution in [0.4, 0.5) is 5.69 Å². The van der Waals surface area contributed by atoms with E-state index in [4.69, 9.17) is 0 Å². The van der Waals surface area contributed by atoms with Gasteiger partial charge in [-0.1, -0.05) is 6.92 Å². The number of anilines is 1. The van der Waals surface area contributed by atoms with Crippen molar-refractivity contribution < 1.29 is 4.79 Å². The number of rotatable bonds is 7. The van der Waals surface area contributed by atoms with E-state index in [2.05, 4.69) is 22.5 Å². The van der Waals surface area contributed by atoms with Gasteiger partial charge in [0, 0.05) is 18.8 Å². The van der Waals surface area contributed by atoms with Gasteiger partial charge in [-0.3, -0.25) is 4.79 Å². The molecule has 0 radical (unpaired) electrons. The summed E-state index contributed by atoms with van der Waals surface area (Å²) in [5.74, 6) is 0.808. The van der Waals surface area contributed by atoms with Crippen molar-refractivity contribution in [2.24, 2.45) is 0 Å². The Morgan fingerprint density at radius 1 is 1.41 bits per heavy atom. The van der Waals surface area contributed by atoms with Crippen LogP contribution in [0.3, 0.4) is 0 Å². The molecule has 17 heavy (non-hydrogen) atoms. The molecular weight excluding hydrogens is 234 g/mol. The number of carbonyl (C=O) groups excluding carboxylic acids is 1. The number of pyridine rings is 1. The van der Waals surface area contributed by atoms with Gasteiger partial charge in [0.1, 0.15) is 5.69 Å². The van der Waals surface area contributed by atoms with Crippen molar-refractivity contribution in [1.29, 1.82) is 0 Å². The second-order valence-electron chi connectivity index (χ2n) is 3.61. The normalized spacial score (nSPS) is 10.0. The van der Waals surface area contributed by atoms with Crippen molar-refractivity contribution in [2.45, 2.75) is 13.3 Å². The summed E-state index contributed by atoms with van der Waals surface area (Å²) in [6.45, 7) is 3.70. The largest absolute Gasteiger partial charge is 0.384 e. The van der Waals surface area contributed by atoms with Gasteiger partial charge < -0.3 is 10.6 Å². The Morgan fingerprint density at radius 3 is 2.82 bits per heavy atom. The molecule has 5 heteroatoms. The van der Waals surface area contributed by atoms with Crippen LogP contribution in [0.5, 0.6) is 0 Å². The molecule has 1 aromatic heterocycles. The van der Waals surface area contributed by atoms with Crippen LogP contribution in [0.25, 0.3) is 0 Å². The zero-order chi connectivity index (χ0) is 12.5. The fourth-order valence-corrected chi connectivity index (χ4v) is 1.57. The van der Waals surface area contributed by atoms with E-state index in [0.717, 1.165) is 24.4 Å². The van der Waals surface area contributed by atoms with Crippen LogP contribution < -0.4 is 10.6 Å². The molecule has 1 amide bonds. The van der Waals surface area contributed by atoms with Crippen molar-refractivity contribution in [3.05, 3.63) is 24.0 Å². The highest BCUT2D eigenvalue weighted by Gasteiger charge is 2.05. The Hall–Kier alpha value is -1.23. The van der Waals surface area contributed by atoms with Crippen LogP contribution in [-0.2, 0) is 0 Å². The molecule has 0 saturated carbocycles. The first-order valence-corrected chi connectivity index (χ1v) is 7.14. The van der Waals surface area contributed by atoms with Gasteiger partial charge in [-0.25, -0.2) is 4.98 Å². The first-order valence-electron chi connectivity index (χ1n) is 5.75. The maximum absolute atomic E-state index is 11.6. The summed E-state index contributed by atoms with van der Waals surface area (Å²) in [6, 6.07) is 3.62. The molecule has 1 heterocycles. The summed E-state index contributed by atoms with van der Waals surface area (Å²) in [5, 5.41) is 6.04. The van der Waals surface area contributed by atoms with Gasteiger partial charge in [0.25, 0.3) is 5.91 Å². The molecule has 2 N–H and O–H groups in total. The quantitative estimate of drug-likeness (QED) is 0.730. The highest BCUT2D eigenvalue weighted by atomic mass is 32.2. The molecule has 1 rings (SSSR count). The molecule has 0 saturated heterocycles. The third-order valence-electron chi connectivity index (χ3n) is 2.17. The summed E-state index contributed by atoms with van der Waals surface area (Å²) in [6.07, 6.45) is 4.77. The second-order valence-corrected chi connectivity index (χ2v) is 4.59. The van der Waals surface area contributed by atoms with Crippen molar-refractivity contribution in [2.75, 3.05) is 30.4 Å². The smallest absolute Gasteiger partial charge is 0.269 e. The number of amides is 1. The van der Waals surface area contributed by atoms with E-state index in [-0.39, 0.29) is 5.91 Å². The van der Waals surface area contributed by atoms with Crippen molar-refractivity contribution in [3.63, 3.8) is 0 Å². The van der Waals surface area contributed by atoms with Crippen LogP contribution >= 0.6 is 11.8 Å². The van der Waals surface area contributed by atoms with Gasteiger partial charge in [-0.15, -0.1) is 0 Å². The minimum absolute atomic E-state index is 0.110. The van der Waals surface area contributed by atoms with Crippen molar-refractivity contribution in [1.82, 2.24) is 10.3 Å². The highest BCUT2D eigenvalue weighted by Crippen LogP contribution is 2.06. The molecule has 0 spiro atoms. The lowest BCUT2D eigenvalue weighted by molar-refractivity contribution is 0.0951. The number of hydrogen-bond acceptors (Lipinski definition) is 4. The molecule has 4 nitrogen and oxygen atoms in total. The predicted molar refractivity (Wildman–Crippen MR) is 73.7 cm³/mol. The Balaban J connectivity index is 2.46. The summed E-state index contributed by atoms with van der Waals surface area (Å²) in [7, 11) is 0. The fraction of sp³-hybridized carbons (Fsp3) is 0.500. The standard InChI is InChI=1S/C12H19N3OS/c1-3-6-13-10-4-5-11(15-9-10)12(16)14-7-8-17-2/h4-5,9,13H,3,6-8H2,1-2H3,(H,14,16). The minimum atomic E-state index is -0.110. The third-order valence-corrected chi connectivity index (χ3v) is 2.78. The number of nitrogens with one attached hydrogen (secondary N) is 2. The second kappa shape index (κ2) is 7.95. The number of hydrogen-bond donors (Lipinski definition) is 2. The van der Waals surface area contributed by atoms with Crippen LogP contribution in [-0.4, -0.2) is 36.0 Å². The first-order chi connectivity index (χ1) is 8.27. The van der Waals surface area contributed by atoms with Crippen molar-refractivity contribution >= 4 is 23.4 Å². The number of carbonyl (C=O) groups is 1. The summed E-state index contributed by atoms with van der Waals surface area (Å²) in [5.41, 5.74) is 1.42. The molecule has 0 bridgehead atoms. The van der Waals surface area contributed by atoms with Gasteiger partial charge in [-0.05, 0) is 24.8 Å². The Morgan fingerprint density at radius 2 is 2.24 bits per heavy atom. The van der Waals surface area contributed by atoms with Gasteiger partial charge in [0.2, 0.25) is 0 Å². The maximum atomic E-state index is 11.6. The predicted octanol–water partition coefficient (Wildman–Crippen LogP) is 2.00. The van der Waals surface area contributed by atoms with E-state index in [0.29, 0.717) is 12.2 Å². The summed E-state index contributed by atoms with van der Waals surface area (Å²) < 4.78 is 0. The topological polar surface area (TPSA) is 54.0 Å². The molecule has 0 fully saturated rings. The van der Waals surface area contributed by atoms with Crippen LogP contribution in [0.1, 0.15) is 23.8 Å². The van der Waals surface area contributed by atoms with Gasteiger partial charge in [-0.2, -0.15) is 11.8 Å². The monoisotopic (exact) mass is 253 g/mol. The first kappa shape index (κ1) is 13.8. The Bertz CT molecular complexity index is 340. The molecule has 0 aromatic carbocycles. The third kappa shape index (κ3) is 5.08. The van der Waals surface area contributed by atoms with Crippen LogP contribution in [0.2, 0.25) is 0 Å². The molecule has 0 aliphatic carbocycles. The maximum Gasteiger partial charge on any atom is 0.269 e. The molecule has 0 atom stereocenters. The Kier molecular flexibility index (Phi) is 6.47. The van der Waals surface area contributed by atoms with Crippen LogP contribution in [0, 0.1) is 0 Å². The van der Waals surface area contributed by atoms with Gasteiger partial charge in [0.15, 0.2) is 0 Å². The number of thioether (sulfide) groups is 1. The zero-order valence-electron chi connectivity index (χ0n) is 10.3. The lowest BCUT2D eigenvalue weighted by Crippen LogP contribution is -2.26. The van der Waals surface area contributed by atoms with E-state index in [1.54, 1.807) is 24.0 Å². The molecular formula is C12H19N3OS. The lowest BCUT2D eigenvalue weighted by atomic mass is 10.3. The van der Waals surface area contributed by atoms with E-state index < -0.39 is 0 Å². The molecule has 94 valence electrons. The zero-order valence-corrected chi connectivity index (χ0v) is 11.1. The average Bonchev–Trinajstić information content (AvgIpc) is 2.37. The van der Waals surface area contributed by atoms with E-state index >= 15 is 0 Å². The minimum Gasteiger partial charge on any atom is -0.384 e. The van der Waals surface area contributed by atoms with E-state index in [1.807, 2.05) is 12.3 Å². The van der Waals surface area contributed by atoms with Crippen molar-refractivity contribution in [3.8, 4) is 0 Å². The molecule has 1 aromatic rings. The number of nitrogens with zero attached hydrogens (tertiary/aromatic N) is 1. The average molecular weight is 253 g/mol. The summed E-state index contributed by atoms with van der Waals surface area (Å²) in [4.78, 5) is 15.8. The lowest BCUT2D eigenvalue weighted by Gasteiger charge is -2.06. The van der Waals surface area contributed by atoms with Crippen LogP contribution in [0.15, 0.2) is 18.3 Å². The fourth-order valence-electron chi connectivity index (χ4n) is 1.26. The Labute approximate surface area is 107 Å². The number of aromatic nitrogens is 1. The van der Waals surface area contributed by atoms with E-state index in [1.165, 1.54) is 0 Å². The van der Waals surface area contributed by atoms with Gasteiger partial charge >= 0.3 is 0 Å². The molecule has 0 aliphatic heterocycles. The summed E-state index contributed by atoms with van der Waals surface area (Å²) >= 11 is 1.71. The highest BCUT2D eigenvalue weighted by molar-refractivity contribution is 7.98. The van der Waals surface area contributed by atoms with Gasteiger partial charge in [0.05, 0.1) is 11.9 Å². The molecule has 0 unspecified atom stereocenters. The SMILES string of the molecule is CCCNc1ccc(C(=O)NCCSC)nc1. The molecule has 0 aliphatic rings.